The largest absolute Gasteiger partial charge is 0.410 e. The van der Waals surface area contributed by atoms with Crippen molar-refractivity contribution in [1.29, 1.82) is 0 Å². The number of amides is 1. The van der Waals surface area contributed by atoms with Crippen molar-refractivity contribution in [3.05, 3.63) is 77.0 Å². The molecule has 0 unspecified atom stereocenters. The normalized spacial score (nSPS) is 18.0. The smallest absolute Gasteiger partial charge is 0.363 e. The highest BCUT2D eigenvalue weighted by molar-refractivity contribution is 6.07. The molecule has 1 aliphatic rings. The van der Waals surface area contributed by atoms with Crippen LogP contribution in [0.3, 0.4) is 0 Å². The molecule has 4 rings (SSSR count). The number of carbonyl (C=O) groups is 1. The molecule has 32 heavy (non-hydrogen) atoms. The highest BCUT2D eigenvalue weighted by atomic mass is 19.4. The molecule has 0 aliphatic carbocycles. The summed E-state index contributed by atoms with van der Waals surface area (Å²) in [6, 6.07) is 12.5. The average Bonchev–Trinajstić information content (AvgIpc) is 3.22. The minimum Gasteiger partial charge on any atom is -0.363 e. The number of para-hydroxylation sites is 1. The fraction of sp³-hybridized carbons (Fsp3) is 0.333. The van der Waals surface area contributed by atoms with Gasteiger partial charge in [-0.05, 0) is 35.6 Å². The lowest BCUT2D eigenvalue weighted by molar-refractivity contribution is -0.173. The zero-order chi connectivity index (χ0) is 22.9. The molecule has 0 spiro atoms. The van der Waals surface area contributed by atoms with Gasteiger partial charge in [0, 0.05) is 12.1 Å². The van der Waals surface area contributed by atoms with Gasteiger partial charge < -0.3 is 10.6 Å². The van der Waals surface area contributed by atoms with Crippen molar-refractivity contribution in [2.45, 2.75) is 51.4 Å². The monoisotopic (exact) mass is 442 g/mol. The minimum atomic E-state index is -4.49. The lowest BCUT2D eigenvalue weighted by atomic mass is 9.95. The summed E-state index contributed by atoms with van der Waals surface area (Å²) in [6.07, 6.45) is -1.93. The number of halogens is 3. The fourth-order valence-electron chi connectivity index (χ4n) is 4.07. The summed E-state index contributed by atoms with van der Waals surface area (Å²) in [5.74, 6) is -0.419. The van der Waals surface area contributed by atoms with Gasteiger partial charge >= 0.3 is 6.18 Å². The first kappa shape index (κ1) is 21.9. The molecular weight excluding hydrogens is 417 g/mol. The van der Waals surface area contributed by atoms with Gasteiger partial charge in [-0.25, -0.2) is 4.68 Å². The number of benzene rings is 2. The summed E-state index contributed by atoms with van der Waals surface area (Å²) in [4.78, 5) is 13.0. The Bertz CT molecular complexity index is 1110. The molecule has 8 heteroatoms. The second kappa shape index (κ2) is 8.68. The molecule has 5 nitrogen and oxygen atoms in total. The van der Waals surface area contributed by atoms with E-state index < -0.39 is 24.2 Å². The second-order valence-corrected chi connectivity index (χ2v) is 7.90. The summed E-state index contributed by atoms with van der Waals surface area (Å²) >= 11 is 0. The average molecular weight is 442 g/mol. The Hall–Kier alpha value is -3.29. The highest BCUT2D eigenvalue weighted by Crippen LogP contribution is 2.44. The first-order valence-electron chi connectivity index (χ1n) is 10.7. The van der Waals surface area contributed by atoms with Crippen molar-refractivity contribution in [3.63, 3.8) is 0 Å². The van der Waals surface area contributed by atoms with E-state index in [0.29, 0.717) is 12.1 Å². The number of alkyl halides is 3. The van der Waals surface area contributed by atoms with E-state index in [4.69, 9.17) is 0 Å². The number of rotatable bonds is 5. The number of fused-ring (bicyclic) bond motifs is 1. The van der Waals surface area contributed by atoms with Crippen LogP contribution in [0.2, 0.25) is 0 Å². The van der Waals surface area contributed by atoms with Crippen LogP contribution in [0.1, 0.15) is 59.4 Å². The Balaban J connectivity index is 1.68. The molecule has 0 radical (unpaired) electrons. The molecule has 0 bridgehead atoms. The third-order valence-corrected chi connectivity index (χ3v) is 5.92. The van der Waals surface area contributed by atoms with Crippen molar-refractivity contribution < 1.29 is 18.0 Å². The van der Waals surface area contributed by atoms with E-state index in [2.05, 4.69) is 15.7 Å². The Morgan fingerprint density at radius 2 is 1.84 bits per heavy atom. The Labute approximate surface area is 184 Å². The number of nitrogens with zero attached hydrogens (tertiary/aromatic N) is 2. The maximum absolute atomic E-state index is 13.9. The van der Waals surface area contributed by atoms with E-state index in [-0.39, 0.29) is 17.8 Å². The quantitative estimate of drug-likeness (QED) is 0.516. The van der Waals surface area contributed by atoms with Gasteiger partial charge in [0.2, 0.25) is 0 Å². The molecule has 2 aromatic carbocycles. The second-order valence-electron chi connectivity index (χ2n) is 7.90. The zero-order valence-corrected chi connectivity index (χ0v) is 17.9. The number of carbonyl (C=O) groups excluding carboxylic acids is 1. The number of anilines is 2. The van der Waals surface area contributed by atoms with Gasteiger partial charge in [-0.15, -0.1) is 0 Å². The van der Waals surface area contributed by atoms with E-state index in [0.717, 1.165) is 27.8 Å². The minimum absolute atomic E-state index is 0.0784. The van der Waals surface area contributed by atoms with Crippen molar-refractivity contribution in [2.24, 2.45) is 0 Å². The van der Waals surface area contributed by atoms with Crippen LogP contribution in [0.25, 0.3) is 0 Å². The van der Waals surface area contributed by atoms with Crippen molar-refractivity contribution in [2.75, 3.05) is 10.6 Å². The summed E-state index contributed by atoms with van der Waals surface area (Å²) in [5.41, 5.74) is 3.51. The van der Waals surface area contributed by atoms with Crippen molar-refractivity contribution >= 4 is 17.4 Å². The molecule has 0 fully saturated rings. The Morgan fingerprint density at radius 3 is 2.50 bits per heavy atom. The van der Waals surface area contributed by atoms with E-state index in [1.807, 2.05) is 50.2 Å². The van der Waals surface area contributed by atoms with Crippen molar-refractivity contribution in [1.82, 2.24) is 9.78 Å². The van der Waals surface area contributed by atoms with Gasteiger partial charge in [-0.1, -0.05) is 56.3 Å². The summed E-state index contributed by atoms with van der Waals surface area (Å²) in [7, 11) is 0. The van der Waals surface area contributed by atoms with Gasteiger partial charge in [-0.3, -0.25) is 4.79 Å². The maximum Gasteiger partial charge on any atom is 0.410 e. The molecule has 0 saturated heterocycles. The van der Waals surface area contributed by atoms with Crippen LogP contribution in [0.15, 0.2) is 54.7 Å². The number of aromatic nitrogens is 2. The third kappa shape index (κ3) is 4.22. The zero-order valence-electron chi connectivity index (χ0n) is 17.9. The first-order valence-corrected chi connectivity index (χ1v) is 10.7. The fourth-order valence-corrected chi connectivity index (χ4v) is 4.07. The molecule has 168 valence electrons. The Kier molecular flexibility index (Phi) is 5.95. The highest BCUT2D eigenvalue weighted by Gasteiger charge is 2.47. The standard InChI is InChI=1S/C24H25F3N4O/c1-3-15-9-11-17(12-10-15)20-13-21(24(25,26)27)31-22(29-20)18(14-28-31)23(32)30-19-8-6-5-7-16(19)4-2/h5-12,14,20-21,29H,3-4,13H2,1-2H3,(H,30,32)/t20-,21+/m0/s1. The van der Waals surface area contributed by atoms with Crippen LogP contribution in [0, 0.1) is 0 Å². The van der Waals surface area contributed by atoms with E-state index >= 15 is 0 Å². The topological polar surface area (TPSA) is 59.0 Å². The van der Waals surface area contributed by atoms with E-state index in [1.165, 1.54) is 6.20 Å². The van der Waals surface area contributed by atoms with Gasteiger partial charge in [0.25, 0.3) is 5.91 Å². The molecule has 1 amide bonds. The van der Waals surface area contributed by atoms with E-state index in [1.54, 1.807) is 12.1 Å². The molecule has 1 aliphatic heterocycles. The van der Waals surface area contributed by atoms with Crippen LogP contribution in [-0.2, 0) is 12.8 Å². The molecule has 2 heterocycles. The van der Waals surface area contributed by atoms with Gasteiger partial charge in [0.05, 0.1) is 12.2 Å². The number of hydrogen-bond donors (Lipinski definition) is 2. The molecule has 0 saturated carbocycles. The number of nitrogens with one attached hydrogen (secondary N) is 2. The van der Waals surface area contributed by atoms with Gasteiger partial charge in [-0.2, -0.15) is 18.3 Å². The summed E-state index contributed by atoms with van der Waals surface area (Å²) < 4.78 is 42.6. The predicted octanol–water partition coefficient (Wildman–Crippen LogP) is 5.92. The number of hydrogen-bond acceptors (Lipinski definition) is 3. The van der Waals surface area contributed by atoms with Gasteiger partial charge in [0.1, 0.15) is 11.4 Å². The van der Waals surface area contributed by atoms with Crippen LogP contribution in [-0.4, -0.2) is 21.9 Å². The molecule has 3 aromatic rings. The van der Waals surface area contributed by atoms with Crippen LogP contribution in [0.4, 0.5) is 24.7 Å². The first-order chi connectivity index (χ1) is 15.3. The SMILES string of the molecule is CCc1ccc([C@@H]2C[C@H](C(F)(F)F)n3ncc(C(=O)Nc4ccccc4CC)c3N2)cc1. The lowest BCUT2D eigenvalue weighted by Crippen LogP contribution is -2.36. The van der Waals surface area contributed by atoms with Gasteiger partial charge in [0.15, 0.2) is 6.04 Å². The van der Waals surface area contributed by atoms with Crippen LogP contribution < -0.4 is 10.6 Å². The molecule has 1 aromatic heterocycles. The van der Waals surface area contributed by atoms with Crippen LogP contribution in [0.5, 0.6) is 0 Å². The number of aryl methyl sites for hydroxylation is 2. The molecular formula is C24H25F3N4O. The lowest BCUT2D eigenvalue weighted by Gasteiger charge is -2.34. The van der Waals surface area contributed by atoms with E-state index in [9.17, 15) is 18.0 Å². The summed E-state index contributed by atoms with van der Waals surface area (Å²) in [5, 5.41) is 9.90. The predicted molar refractivity (Wildman–Crippen MR) is 118 cm³/mol. The van der Waals surface area contributed by atoms with Crippen LogP contribution >= 0.6 is 0 Å². The molecule has 2 N–H and O–H groups in total. The third-order valence-electron chi connectivity index (χ3n) is 5.92. The Morgan fingerprint density at radius 1 is 1.12 bits per heavy atom. The summed E-state index contributed by atoms with van der Waals surface area (Å²) in [6.45, 7) is 3.99. The van der Waals surface area contributed by atoms with Crippen molar-refractivity contribution in [3.8, 4) is 0 Å². The molecule has 2 atom stereocenters. The maximum atomic E-state index is 13.9.